The Morgan fingerprint density at radius 3 is 1.67 bits per heavy atom. The summed E-state index contributed by atoms with van der Waals surface area (Å²) in [4.78, 5) is 53.5. The zero-order chi connectivity index (χ0) is 37.3. The first-order chi connectivity index (χ1) is 24.1. The lowest BCUT2D eigenvalue weighted by Crippen LogP contribution is -2.37. The number of carboxylic acids is 2. The van der Waals surface area contributed by atoms with E-state index in [9.17, 15) is 70.2 Å². The zero-order valence-electron chi connectivity index (χ0n) is 26.2. The van der Waals surface area contributed by atoms with Gasteiger partial charge in [0.1, 0.15) is 5.92 Å². The summed E-state index contributed by atoms with van der Waals surface area (Å²) >= 11 is 0. The molecule has 0 saturated carbocycles. The Hall–Kier alpha value is -6.90. The Morgan fingerprint density at radius 2 is 1.14 bits per heavy atom. The van der Waals surface area contributed by atoms with Gasteiger partial charge in [0.2, 0.25) is 6.10 Å². The van der Waals surface area contributed by atoms with E-state index in [4.69, 9.17) is 4.74 Å². The third-order valence-corrected chi connectivity index (χ3v) is 8.53. The molecule has 1 aliphatic rings. The van der Waals surface area contributed by atoms with Gasteiger partial charge in [-0.15, -0.1) is 0 Å². The van der Waals surface area contributed by atoms with Gasteiger partial charge in [0, 0.05) is 23.5 Å². The van der Waals surface area contributed by atoms with Crippen molar-refractivity contribution in [1.82, 2.24) is 0 Å². The molecular weight excluding hydrogens is 672 g/mol. The molecule has 0 aliphatic heterocycles. The number of carbonyl (C=O) groups excluding carboxylic acids is 2. The molecule has 4 aromatic carbocycles. The molecule has 264 valence electrons. The number of rotatable bonds is 11. The number of aliphatic carboxylic acids is 2. The van der Waals surface area contributed by atoms with E-state index < -0.39 is 112 Å². The van der Waals surface area contributed by atoms with Gasteiger partial charge in [0.05, 0.1) is 5.92 Å². The van der Waals surface area contributed by atoms with E-state index in [-0.39, 0.29) is 27.8 Å². The highest BCUT2D eigenvalue weighted by molar-refractivity contribution is 6.07. The molecule has 0 bridgehead atoms. The second kappa shape index (κ2) is 13.9. The van der Waals surface area contributed by atoms with Crippen LogP contribution in [-0.2, 0) is 36.8 Å². The topological polar surface area (TPSA) is 280 Å². The van der Waals surface area contributed by atoms with Gasteiger partial charge in [-0.2, -0.15) is 0 Å². The number of fused-ring (bicyclic) bond motifs is 1. The fourth-order valence-corrected chi connectivity index (χ4v) is 6.01. The maximum absolute atomic E-state index is 14.5. The average molecular weight is 703 g/mol. The van der Waals surface area contributed by atoms with Crippen LogP contribution < -0.4 is 0 Å². The minimum absolute atomic E-state index is 0.0587. The van der Waals surface area contributed by atoms with Crippen LogP contribution in [0.1, 0.15) is 39.7 Å². The van der Waals surface area contributed by atoms with Gasteiger partial charge >= 0.3 is 17.9 Å². The third-order valence-electron chi connectivity index (χ3n) is 8.53. The van der Waals surface area contributed by atoms with Crippen LogP contribution in [0.25, 0.3) is 6.08 Å². The minimum atomic E-state index is -1.95. The zero-order valence-corrected chi connectivity index (χ0v) is 26.2. The van der Waals surface area contributed by atoms with E-state index in [2.05, 4.69) is 0 Å². The lowest BCUT2D eigenvalue weighted by molar-refractivity contribution is -0.161. The summed E-state index contributed by atoms with van der Waals surface area (Å²) in [6.45, 7) is 0. The minimum Gasteiger partial charge on any atom is -0.504 e. The second-order valence-electron chi connectivity index (χ2n) is 11.8. The Bertz CT molecular complexity index is 2100. The van der Waals surface area contributed by atoms with E-state index in [0.29, 0.717) is 0 Å². The van der Waals surface area contributed by atoms with Gasteiger partial charge in [0.15, 0.2) is 51.8 Å². The molecule has 1 aliphatic carbocycles. The smallest absolute Gasteiger partial charge is 0.345 e. The molecule has 10 N–H and O–H groups in total. The van der Waals surface area contributed by atoms with Crippen molar-refractivity contribution in [1.29, 1.82) is 0 Å². The maximum Gasteiger partial charge on any atom is 0.345 e. The van der Waals surface area contributed by atoms with Crippen LogP contribution in [0, 0.1) is 5.92 Å². The monoisotopic (exact) mass is 702 g/mol. The van der Waals surface area contributed by atoms with Gasteiger partial charge in [-0.25, -0.2) is 9.59 Å². The van der Waals surface area contributed by atoms with Crippen molar-refractivity contribution in [2.45, 2.75) is 30.8 Å². The molecule has 0 aromatic heterocycles. The fourth-order valence-electron chi connectivity index (χ4n) is 6.01. The predicted octanol–water partition coefficient (Wildman–Crippen LogP) is 3.35. The lowest BCUT2D eigenvalue weighted by atomic mass is 9.67. The first kappa shape index (κ1) is 35.4. The number of phenols is 8. The number of Topliss-reactive ketones (excluding diaryl/α,β-unsaturated/α-hetero) is 1. The van der Waals surface area contributed by atoms with Crippen LogP contribution in [0.2, 0.25) is 0 Å². The van der Waals surface area contributed by atoms with Gasteiger partial charge < -0.3 is 55.8 Å². The maximum atomic E-state index is 14.5. The van der Waals surface area contributed by atoms with E-state index in [0.717, 1.165) is 48.5 Å². The molecular formula is C36H30O15. The van der Waals surface area contributed by atoms with Crippen LogP contribution in [0.3, 0.4) is 0 Å². The Balaban J connectivity index is 1.66. The molecule has 4 aromatic rings. The number of hydrogen-bond acceptors (Lipinski definition) is 13. The van der Waals surface area contributed by atoms with Crippen molar-refractivity contribution in [2.24, 2.45) is 5.92 Å². The molecule has 0 spiro atoms. The molecule has 0 radical (unpaired) electrons. The van der Waals surface area contributed by atoms with Crippen molar-refractivity contribution < 1.29 is 75.0 Å². The largest absolute Gasteiger partial charge is 0.504 e. The van der Waals surface area contributed by atoms with E-state index >= 15 is 0 Å². The first-order valence-corrected chi connectivity index (χ1v) is 15.1. The highest BCUT2D eigenvalue weighted by Crippen LogP contribution is 2.52. The van der Waals surface area contributed by atoms with E-state index in [1.807, 2.05) is 0 Å². The van der Waals surface area contributed by atoms with Crippen LogP contribution in [-0.4, -0.2) is 80.9 Å². The number of ketones is 1. The third kappa shape index (κ3) is 7.12. The molecule has 0 unspecified atom stereocenters. The SMILES string of the molecule is O=C(O[C@H](Cc1ccc(O)c(O)c1)C(=O)O)C1=Cc2ccc(O)c(O)c2[C@H](C(=O)[C@H](Cc2ccc(O)c(O)c2)C(=O)O)[C@H]1c1ccc(O)c(O)c1. The number of phenolic OH excluding ortho intramolecular Hbond substituents is 8. The van der Waals surface area contributed by atoms with Crippen molar-refractivity contribution in [3.8, 4) is 46.0 Å². The van der Waals surface area contributed by atoms with Crippen molar-refractivity contribution in [3.05, 3.63) is 100 Å². The summed E-state index contributed by atoms with van der Waals surface area (Å²) in [6.07, 6.45) is -1.84. The number of carbonyl (C=O) groups is 4. The fraction of sp³-hybridized carbons (Fsp3) is 0.167. The van der Waals surface area contributed by atoms with Crippen LogP contribution in [0.4, 0.5) is 0 Å². The number of aromatic hydroxyl groups is 8. The molecule has 4 atom stereocenters. The highest BCUT2D eigenvalue weighted by Gasteiger charge is 2.47. The van der Waals surface area contributed by atoms with Crippen molar-refractivity contribution in [3.63, 3.8) is 0 Å². The van der Waals surface area contributed by atoms with Crippen molar-refractivity contribution in [2.75, 3.05) is 0 Å². The van der Waals surface area contributed by atoms with Gasteiger partial charge in [-0.05, 0) is 77.2 Å². The van der Waals surface area contributed by atoms with Crippen molar-refractivity contribution >= 4 is 29.8 Å². The summed E-state index contributed by atoms with van der Waals surface area (Å²) in [5, 5.41) is 101. The summed E-state index contributed by atoms with van der Waals surface area (Å²) in [5.41, 5.74) is -0.670. The van der Waals surface area contributed by atoms with Crippen LogP contribution >= 0.6 is 0 Å². The van der Waals surface area contributed by atoms with E-state index in [1.54, 1.807) is 0 Å². The summed E-state index contributed by atoms with van der Waals surface area (Å²) in [6, 6.07) is 12.2. The molecule has 0 heterocycles. The Labute approximate surface area is 287 Å². The molecule has 15 heteroatoms. The number of carboxylic acid groups (broad SMARTS) is 2. The quantitative estimate of drug-likeness (QED) is 0.0609. The predicted molar refractivity (Wildman–Crippen MR) is 174 cm³/mol. The molecule has 51 heavy (non-hydrogen) atoms. The van der Waals surface area contributed by atoms with Crippen LogP contribution in [0.15, 0.2) is 72.3 Å². The first-order valence-electron chi connectivity index (χ1n) is 15.1. The molecule has 0 saturated heterocycles. The van der Waals surface area contributed by atoms with Gasteiger partial charge in [-0.1, -0.05) is 24.3 Å². The number of ether oxygens (including phenoxy) is 1. The molecule has 15 nitrogen and oxygen atoms in total. The van der Waals surface area contributed by atoms with E-state index in [1.165, 1.54) is 24.3 Å². The number of hydrogen-bond donors (Lipinski definition) is 10. The summed E-state index contributed by atoms with van der Waals surface area (Å²) in [7, 11) is 0. The Morgan fingerprint density at radius 1 is 0.608 bits per heavy atom. The molecule has 5 rings (SSSR count). The average Bonchev–Trinajstić information content (AvgIpc) is 3.08. The Kier molecular flexibility index (Phi) is 9.66. The van der Waals surface area contributed by atoms with Gasteiger partial charge in [0.25, 0.3) is 0 Å². The number of benzene rings is 4. The van der Waals surface area contributed by atoms with Crippen LogP contribution in [0.5, 0.6) is 46.0 Å². The highest BCUT2D eigenvalue weighted by atomic mass is 16.6. The standard InChI is InChI=1S/C36H30O15/c37-21-5-1-15(10-25(21)41)9-20(34(46)47)32(44)31-29(18-3-7-23(39)27(43)14-18)19(13-17-4-8-24(40)33(45)30(17)31)36(50)51-28(35(48)49)12-16-2-6-22(38)26(42)11-16/h1-8,10-11,13-14,20,28-29,31,37-43,45H,9,12H2,(H,46,47)(H,48,49)/t20-,28+,29-,31+/m0/s1. The normalized spacial score (nSPS) is 16.3. The second-order valence-corrected chi connectivity index (χ2v) is 11.8. The molecule has 0 amide bonds. The number of esters is 1. The lowest BCUT2D eigenvalue weighted by Gasteiger charge is -2.35. The van der Waals surface area contributed by atoms with Gasteiger partial charge in [-0.3, -0.25) is 9.59 Å². The summed E-state index contributed by atoms with van der Waals surface area (Å²) < 4.78 is 5.40. The summed E-state index contributed by atoms with van der Waals surface area (Å²) in [5.74, 6) is -16.2. The molecule has 0 fully saturated rings.